The molecule has 2 fully saturated rings. The number of nitrogens with zero attached hydrogens (tertiary/aromatic N) is 1. The maximum absolute atomic E-state index is 6.07. The fourth-order valence-corrected chi connectivity index (χ4v) is 3.41. The van der Waals surface area contributed by atoms with E-state index in [1.54, 1.807) is 0 Å². The molecule has 17 heavy (non-hydrogen) atoms. The molecule has 0 aromatic carbocycles. The van der Waals surface area contributed by atoms with Gasteiger partial charge in [-0.3, -0.25) is 0 Å². The molecule has 1 aliphatic carbocycles. The van der Waals surface area contributed by atoms with E-state index in [1.807, 2.05) is 0 Å². The summed E-state index contributed by atoms with van der Waals surface area (Å²) in [6.45, 7) is 8.54. The molecule has 2 rings (SSSR count). The second-order valence-electron chi connectivity index (χ2n) is 6.21. The van der Waals surface area contributed by atoms with E-state index in [9.17, 15) is 0 Å². The van der Waals surface area contributed by atoms with Crippen LogP contribution in [0.5, 0.6) is 0 Å². The zero-order chi connectivity index (χ0) is 11.5. The number of nitrogens with two attached hydrogens (primary N) is 1. The van der Waals surface area contributed by atoms with E-state index in [4.69, 9.17) is 5.73 Å². The lowest BCUT2D eigenvalue weighted by atomic mass is 9.79. The number of hydrogen-bond donors (Lipinski definition) is 1. The van der Waals surface area contributed by atoms with Gasteiger partial charge in [-0.1, -0.05) is 33.1 Å². The van der Waals surface area contributed by atoms with Crippen LogP contribution in [0.25, 0.3) is 0 Å². The van der Waals surface area contributed by atoms with Crippen LogP contribution in [0, 0.1) is 17.8 Å². The van der Waals surface area contributed by atoms with Gasteiger partial charge in [-0.15, -0.1) is 12.4 Å². The number of rotatable bonds is 2. The summed E-state index contributed by atoms with van der Waals surface area (Å²) >= 11 is 0. The molecule has 0 spiro atoms. The van der Waals surface area contributed by atoms with Gasteiger partial charge in [0.2, 0.25) is 0 Å². The van der Waals surface area contributed by atoms with Crippen LogP contribution in [-0.2, 0) is 0 Å². The lowest BCUT2D eigenvalue weighted by Gasteiger charge is -2.39. The minimum Gasteiger partial charge on any atom is -0.327 e. The highest BCUT2D eigenvalue weighted by atomic mass is 35.5. The van der Waals surface area contributed by atoms with Gasteiger partial charge in [-0.05, 0) is 37.1 Å². The standard InChI is InChI=1S/C14H28N2.ClH/c1-11-5-3-4-6-13(11)10-16-8-7-14(15)12(2)9-16;/h11-14H,3-10,15H2,1-2H3;1H. The van der Waals surface area contributed by atoms with Gasteiger partial charge in [0.1, 0.15) is 0 Å². The van der Waals surface area contributed by atoms with Crippen molar-refractivity contribution in [1.29, 1.82) is 0 Å². The van der Waals surface area contributed by atoms with Crippen LogP contribution >= 0.6 is 12.4 Å². The Morgan fingerprint density at radius 2 is 1.76 bits per heavy atom. The molecule has 102 valence electrons. The van der Waals surface area contributed by atoms with E-state index in [0.717, 1.165) is 11.8 Å². The van der Waals surface area contributed by atoms with Crippen molar-refractivity contribution in [2.75, 3.05) is 19.6 Å². The first-order valence-electron chi connectivity index (χ1n) is 7.14. The summed E-state index contributed by atoms with van der Waals surface area (Å²) in [5.74, 6) is 2.59. The lowest BCUT2D eigenvalue weighted by molar-refractivity contribution is 0.110. The Labute approximate surface area is 113 Å². The fraction of sp³-hybridized carbons (Fsp3) is 1.00. The molecule has 0 aromatic rings. The molecule has 0 amide bonds. The first kappa shape index (κ1) is 15.3. The summed E-state index contributed by atoms with van der Waals surface area (Å²) < 4.78 is 0. The molecule has 1 aliphatic heterocycles. The van der Waals surface area contributed by atoms with Crippen molar-refractivity contribution in [1.82, 2.24) is 4.90 Å². The Hall–Kier alpha value is 0.210. The Morgan fingerprint density at radius 1 is 1.06 bits per heavy atom. The molecule has 2 N–H and O–H groups in total. The first-order chi connectivity index (χ1) is 7.66. The van der Waals surface area contributed by atoms with Crippen LogP contribution in [-0.4, -0.2) is 30.6 Å². The summed E-state index contributed by atoms with van der Waals surface area (Å²) in [6, 6.07) is 0.444. The van der Waals surface area contributed by atoms with Gasteiger partial charge < -0.3 is 10.6 Å². The van der Waals surface area contributed by atoms with Crippen molar-refractivity contribution < 1.29 is 0 Å². The van der Waals surface area contributed by atoms with Gasteiger partial charge in [-0.25, -0.2) is 0 Å². The van der Waals surface area contributed by atoms with Crippen molar-refractivity contribution >= 4 is 12.4 Å². The molecule has 3 heteroatoms. The van der Waals surface area contributed by atoms with Crippen molar-refractivity contribution in [3.63, 3.8) is 0 Å². The van der Waals surface area contributed by atoms with Crippen LogP contribution in [0.4, 0.5) is 0 Å². The monoisotopic (exact) mass is 260 g/mol. The minimum atomic E-state index is 0. The first-order valence-corrected chi connectivity index (χ1v) is 7.14. The summed E-state index contributed by atoms with van der Waals surface area (Å²) in [5, 5.41) is 0. The third kappa shape index (κ3) is 4.11. The van der Waals surface area contributed by atoms with Crippen LogP contribution in [0.2, 0.25) is 0 Å². The number of likely N-dealkylation sites (tertiary alicyclic amines) is 1. The molecule has 4 atom stereocenters. The normalized spacial score (nSPS) is 39.7. The molecule has 2 aliphatic rings. The van der Waals surface area contributed by atoms with Gasteiger partial charge in [0.25, 0.3) is 0 Å². The Kier molecular flexibility index (Phi) is 6.25. The van der Waals surface area contributed by atoms with Gasteiger partial charge in [0.15, 0.2) is 0 Å². The molecule has 0 radical (unpaired) electrons. The summed E-state index contributed by atoms with van der Waals surface area (Å²) in [4.78, 5) is 2.67. The van der Waals surface area contributed by atoms with E-state index in [2.05, 4.69) is 18.7 Å². The average Bonchev–Trinajstić information content (AvgIpc) is 2.27. The van der Waals surface area contributed by atoms with E-state index < -0.39 is 0 Å². The van der Waals surface area contributed by atoms with Gasteiger partial charge >= 0.3 is 0 Å². The summed E-state index contributed by atoms with van der Waals surface area (Å²) in [6.07, 6.45) is 7.02. The van der Waals surface area contributed by atoms with Gasteiger partial charge in [0.05, 0.1) is 0 Å². The second-order valence-corrected chi connectivity index (χ2v) is 6.21. The fourth-order valence-electron chi connectivity index (χ4n) is 3.41. The van der Waals surface area contributed by atoms with E-state index >= 15 is 0 Å². The summed E-state index contributed by atoms with van der Waals surface area (Å²) in [7, 11) is 0. The molecule has 0 aromatic heterocycles. The average molecular weight is 261 g/mol. The number of halogens is 1. The molecule has 4 unspecified atom stereocenters. The van der Waals surface area contributed by atoms with Crippen LogP contribution < -0.4 is 5.73 Å². The summed E-state index contributed by atoms with van der Waals surface area (Å²) in [5.41, 5.74) is 6.07. The molecule has 1 saturated heterocycles. The third-order valence-electron chi connectivity index (χ3n) is 4.84. The van der Waals surface area contributed by atoms with Crippen molar-refractivity contribution in [2.24, 2.45) is 23.5 Å². The third-order valence-corrected chi connectivity index (χ3v) is 4.84. The SMILES string of the molecule is CC1CN(CC2CCCCC2C)CCC1N.Cl. The lowest BCUT2D eigenvalue weighted by Crippen LogP contribution is -2.47. The molecular weight excluding hydrogens is 232 g/mol. The van der Waals surface area contributed by atoms with E-state index in [0.29, 0.717) is 12.0 Å². The van der Waals surface area contributed by atoms with Gasteiger partial charge in [-0.2, -0.15) is 0 Å². The number of hydrogen-bond acceptors (Lipinski definition) is 2. The molecule has 1 saturated carbocycles. The van der Waals surface area contributed by atoms with Crippen molar-refractivity contribution in [3.8, 4) is 0 Å². The highest BCUT2D eigenvalue weighted by molar-refractivity contribution is 5.85. The molecule has 1 heterocycles. The van der Waals surface area contributed by atoms with E-state index in [1.165, 1.54) is 51.7 Å². The second kappa shape index (κ2) is 6.96. The molecular formula is C14H29ClN2. The smallest absolute Gasteiger partial charge is 0.00889 e. The molecule has 2 nitrogen and oxygen atoms in total. The highest BCUT2D eigenvalue weighted by Gasteiger charge is 2.27. The zero-order valence-corrected chi connectivity index (χ0v) is 12.2. The minimum absolute atomic E-state index is 0. The quantitative estimate of drug-likeness (QED) is 0.827. The Balaban J connectivity index is 0.00000144. The van der Waals surface area contributed by atoms with Crippen LogP contribution in [0.15, 0.2) is 0 Å². The molecule has 0 bridgehead atoms. The maximum atomic E-state index is 6.07. The van der Waals surface area contributed by atoms with Crippen LogP contribution in [0.3, 0.4) is 0 Å². The predicted octanol–water partition coefficient (Wildman–Crippen LogP) is 2.90. The van der Waals surface area contributed by atoms with E-state index in [-0.39, 0.29) is 12.4 Å². The van der Waals surface area contributed by atoms with Crippen molar-refractivity contribution in [2.45, 2.75) is 52.0 Å². The van der Waals surface area contributed by atoms with Gasteiger partial charge in [0, 0.05) is 19.1 Å². The maximum Gasteiger partial charge on any atom is 0.00889 e. The Bertz CT molecular complexity index is 222. The number of piperidine rings is 1. The zero-order valence-electron chi connectivity index (χ0n) is 11.4. The Morgan fingerprint density at radius 3 is 2.41 bits per heavy atom. The van der Waals surface area contributed by atoms with Crippen LogP contribution in [0.1, 0.15) is 46.0 Å². The highest BCUT2D eigenvalue weighted by Crippen LogP contribution is 2.31. The topological polar surface area (TPSA) is 29.3 Å². The van der Waals surface area contributed by atoms with Crippen molar-refractivity contribution in [3.05, 3.63) is 0 Å². The largest absolute Gasteiger partial charge is 0.327 e. The predicted molar refractivity (Wildman–Crippen MR) is 76.6 cm³/mol.